The van der Waals surface area contributed by atoms with Gasteiger partial charge in [-0.15, -0.1) is 0 Å². The fourth-order valence-corrected chi connectivity index (χ4v) is 0.884. The van der Waals surface area contributed by atoms with Crippen molar-refractivity contribution < 1.29 is 88.3 Å². The summed E-state index contributed by atoms with van der Waals surface area (Å²) in [6.07, 6.45) is 3.39. The van der Waals surface area contributed by atoms with Crippen molar-refractivity contribution in [2.75, 3.05) is 6.61 Å². The van der Waals surface area contributed by atoms with E-state index in [2.05, 4.69) is 11.7 Å². The first-order chi connectivity index (χ1) is 6.16. The molecule has 0 saturated heterocycles. The first-order valence-corrected chi connectivity index (χ1v) is 4.52. The minimum Gasteiger partial charge on any atom is -0.550 e. The quantitative estimate of drug-likeness (QED) is 0.290. The average Bonchev–Trinajstić information content (AvgIpc) is 2.02. The number of carbonyl (C=O) groups excluding carboxylic acids is 2. The molecular weight excluding hydrogens is 305 g/mol. The maximum absolute atomic E-state index is 10.6. The molecular formula is C9H15CsO4. The van der Waals surface area contributed by atoms with Crippen LogP contribution in [-0.2, 0) is 14.3 Å². The number of carbonyl (C=O) groups is 2. The molecule has 0 saturated carbocycles. The van der Waals surface area contributed by atoms with E-state index in [9.17, 15) is 14.7 Å². The van der Waals surface area contributed by atoms with Crippen LogP contribution in [0.4, 0.5) is 0 Å². The molecule has 0 aromatic heterocycles. The van der Waals surface area contributed by atoms with Crippen LogP contribution < -0.4 is 74.0 Å². The molecule has 0 atom stereocenters. The Bertz CT molecular complexity index is 170. The topological polar surface area (TPSA) is 66.4 Å². The van der Waals surface area contributed by atoms with E-state index < -0.39 is 18.4 Å². The van der Waals surface area contributed by atoms with Gasteiger partial charge in [-0.3, -0.25) is 4.79 Å². The second-order valence-electron chi connectivity index (χ2n) is 2.83. The number of esters is 1. The average molecular weight is 320 g/mol. The summed E-state index contributed by atoms with van der Waals surface area (Å²) in [7, 11) is 0. The number of hydrogen-bond donors (Lipinski definition) is 0. The Morgan fingerprint density at radius 3 is 2.36 bits per heavy atom. The number of hydrogen-bond acceptors (Lipinski definition) is 4. The number of carboxylic acid groups (broad SMARTS) is 1. The number of aliphatic carboxylic acids is 1. The number of ether oxygens (including phenoxy) is 1. The molecule has 76 valence electrons. The summed E-state index contributed by atoms with van der Waals surface area (Å²) in [5, 5.41) is 9.93. The summed E-state index contributed by atoms with van der Waals surface area (Å²) in [4.78, 5) is 20.6. The maximum atomic E-state index is 10.6. The van der Waals surface area contributed by atoms with Crippen molar-refractivity contribution in [3.63, 3.8) is 0 Å². The van der Waals surface area contributed by atoms with Crippen molar-refractivity contribution in [1.82, 2.24) is 0 Å². The molecule has 0 aliphatic rings. The Labute approximate surface area is 143 Å². The van der Waals surface area contributed by atoms with Crippen molar-refractivity contribution in [2.45, 2.75) is 39.0 Å². The standard InChI is InChI=1S/C9H16O4.Cs/c1-2-3-4-5-6-13-9(12)7-8(10)11;/h2-7H2,1H3,(H,10,11);/q;+1/p-1. The van der Waals surface area contributed by atoms with Crippen LogP contribution in [0, 0.1) is 0 Å². The van der Waals surface area contributed by atoms with Gasteiger partial charge in [0.2, 0.25) is 0 Å². The molecule has 0 heterocycles. The van der Waals surface area contributed by atoms with Gasteiger partial charge in [0.15, 0.2) is 0 Å². The van der Waals surface area contributed by atoms with Gasteiger partial charge in [-0.05, 0) is 6.42 Å². The van der Waals surface area contributed by atoms with Crippen LogP contribution in [0.5, 0.6) is 0 Å². The van der Waals surface area contributed by atoms with Crippen LogP contribution in [-0.4, -0.2) is 18.5 Å². The third kappa shape index (κ3) is 13.0. The van der Waals surface area contributed by atoms with E-state index in [-0.39, 0.29) is 68.9 Å². The van der Waals surface area contributed by atoms with Gasteiger partial charge in [-0.2, -0.15) is 0 Å². The molecule has 0 aliphatic carbocycles. The summed E-state index contributed by atoms with van der Waals surface area (Å²) in [6.45, 7) is 2.40. The second-order valence-corrected chi connectivity index (χ2v) is 2.83. The van der Waals surface area contributed by atoms with Crippen molar-refractivity contribution in [3.05, 3.63) is 0 Å². The zero-order chi connectivity index (χ0) is 10.1. The van der Waals surface area contributed by atoms with E-state index in [1.807, 2.05) is 0 Å². The van der Waals surface area contributed by atoms with Crippen molar-refractivity contribution in [2.24, 2.45) is 0 Å². The molecule has 0 spiro atoms. The maximum Gasteiger partial charge on any atom is 1.00 e. The van der Waals surface area contributed by atoms with Crippen LogP contribution in [0.2, 0.25) is 0 Å². The van der Waals surface area contributed by atoms with Crippen LogP contribution in [0.1, 0.15) is 39.0 Å². The van der Waals surface area contributed by atoms with Crippen molar-refractivity contribution >= 4 is 11.9 Å². The van der Waals surface area contributed by atoms with Gasteiger partial charge < -0.3 is 14.6 Å². The fraction of sp³-hybridized carbons (Fsp3) is 0.778. The van der Waals surface area contributed by atoms with Crippen LogP contribution in [0.25, 0.3) is 0 Å². The van der Waals surface area contributed by atoms with E-state index in [1.165, 1.54) is 0 Å². The molecule has 0 N–H and O–H groups in total. The van der Waals surface area contributed by atoms with Crippen molar-refractivity contribution in [3.8, 4) is 0 Å². The molecule has 14 heavy (non-hydrogen) atoms. The van der Waals surface area contributed by atoms with Gasteiger partial charge in [-0.25, -0.2) is 0 Å². The van der Waals surface area contributed by atoms with Gasteiger partial charge in [0.1, 0.15) is 0 Å². The summed E-state index contributed by atoms with van der Waals surface area (Å²) in [5.41, 5.74) is 0. The van der Waals surface area contributed by atoms with E-state index in [4.69, 9.17) is 0 Å². The largest absolute Gasteiger partial charge is 1.00 e. The normalized spacial score (nSPS) is 8.93. The van der Waals surface area contributed by atoms with E-state index in [0.717, 1.165) is 25.7 Å². The van der Waals surface area contributed by atoms with Crippen molar-refractivity contribution in [1.29, 1.82) is 0 Å². The predicted molar refractivity (Wildman–Crippen MR) is 44.7 cm³/mol. The Morgan fingerprint density at radius 2 is 1.86 bits per heavy atom. The Hall–Kier alpha value is 0.992. The molecule has 0 aliphatic heterocycles. The number of carboxylic acids is 1. The Morgan fingerprint density at radius 1 is 1.21 bits per heavy atom. The van der Waals surface area contributed by atoms with E-state index in [1.54, 1.807) is 0 Å². The molecule has 0 fully saturated rings. The first-order valence-electron chi connectivity index (χ1n) is 4.52. The molecule has 0 aromatic carbocycles. The zero-order valence-corrected chi connectivity index (χ0v) is 15.2. The molecule has 4 nitrogen and oxygen atoms in total. The SMILES string of the molecule is CCCCCCOC(=O)CC(=O)[O-].[Cs+]. The zero-order valence-electron chi connectivity index (χ0n) is 8.88. The predicted octanol–water partition coefficient (Wildman–Crippen LogP) is -2.75. The summed E-state index contributed by atoms with van der Waals surface area (Å²) in [6, 6.07) is 0. The van der Waals surface area contributed by atoms with Gasteiger partial charge in [-0.1, -0.05) is 26.2 Å². The van der Waals surface area contributed by atoms with E-state index in [0.29, 0.717) is 6.61 Å². The molecule has 0 aromatic rings. The van der Waals surface area contributed by atoms with Crippen LogP contribution >= 0.6 is 0 Å². The fourth-order valence-electron chi connectivity index (χ4n) is 0.884. The number of rotatable bonds is 7. The third-order valence-electron chi connectivity index (χ3n) is 1.55. The minimum absolute atomic E-state index is 0. The van der Waals surface area contributed by atoms with Crippen LogP contribution in [0.3, 0.4) is 0 Å². The molecule has 0 radical (unpaired) electrons. The third-order valence-corrected chi connectivity index (χ3v) is 1.55. The van der Waals surface area contributed by atoms with Crippen LogP contribution in [0.15, 0.2) is 0 Å². The van der Waals surface area contributed by atoms with Gasteiger partial charge >= 0.3 is 74.9 Å². The summed E-state index contributed by atoms with van der Waals surface area (Å²) >= 11 is 0. The van der Waals surface area contributed by atoms with Gasteiger partial charge in [0.05, 0.1) is 19.0 Å². The molecule has 0 amide bonds. The number of unbranched alkanes of at least 4 members (excludes halogenated alkanes) is 3. The van der Waals surface area contributed by atoms with Gasteiger partial charge in [0, 0.05) is 0 Å². The molecule has 0 rings (SSSR count). The Kier molecular flexibility index (Phi) is 15.0. The molecule has 0 unspecified atom stereocenters. The monoisotopic (exact) mass is 320 g/mol. The first kappa shape index (κ1) is 17.4. The minimum atomic E-state index is -1.39. The molecule has 0 bridgehead atoms. The second kappa shape index (κ2) is 12.1. The summed E-state index contributed by atoms with van der Waals surface area (Å²) in [5.74, 6) is -2.10. The molecule has 5 heteroatoms. The van der Waals surface area contributed by atoms with Gasteiger partial charge in [0.25, 0.3) is 0 Å². The smallest absolute Gasteiger partial charge is 0.550 e. The Balaban J connectivity index is 0. The van der Waals surface area contributed by atoms with E-state index >= 15 is 0 Å². The summed E-state index contributed by atoms with van der Waals surface area (Å²) < 4.78 is 4.64.